The number of amides is 1. The Kier molecular flexibility index (Phi) is 3.82. The summed E-state index contributed by atoms with van der Waals surface area (Å²) in [6.07, 6.45) is -4.47. The molecule has 0 atom stereocenters. The molecule has 0 aliphatic carbocycles. The summed E-state index contributed by atoms with van der Waals surface area (Å²) < 4.78 is 40.5. The van der Waals surface area contributed by atoms with Gasteiger partial charge < -0.3 is 15.8 Å². The van der Waals surface area contributed by atoms with E-state index in [1.807, 2.05) is 0 Å². The van der Waals surface area contributed by atoms with Gasteiger partial charge in [-0.1, -0.05) is 0 Å². The molecule has 7 heteroatoms. The third-order valence-electron chi connectivity index (χ3n) is 1.87. The van der Waals surface area contributed by atoms with Crippen LogP contribution in [0.1, 0.15) is 10.4 Å². The number of carbonyl (C=O) groups is 1. The summed E-state index contributed by atoms with van der Waals surface area (Å²) in [5.74, 6) is -0.733. The molecule has 0 saturated carbocycles. The molecule has 0 spiro atoms. The van der Waals surface area contributed by atoms with Gasteiger partial charge in [-0.05, 0) is 12.1 Å². The highest BCUT2D eigenvalue weighted by molar-refractivity contribution is 5.97. The van der Waals surface area contributed by atoms with Gasteiger partial charge in [0.1, 0.15) is 5.75 Å². The van der Waals surface area contributed by atoms with Gasteiger partial charge in [0.15, 0.2) is 6.61 Å². The number of carbonyl (C=O) groups excluding carboxylic acids is 1. The monoisotopic (exact) mass is 248 g/mol. The minimum Gasteiger partial charge on any atom is -0.483 e. The molecule has 0 fully saturated rings. The van der Waals surface area contributed by atoms with Crippen molar-refractivity contribution in [2.24, 2.45) is 0 Å². The Labute approximate surface area is 95.6 Å². The molecule has 0 aliphatic heterocycles. The molecule has 0 radical (unpaired) electrons. The predicted octanol–water partition coefficient (Wildman–Crippen LogP) is 1.57. The van der Waals surface area contributed by atoms with Gasteiger partial charge in [0, 0.05) is 18.8 Å². The SMILES string of the molecule is CNC(=O)c1ccc(N)cc1OCC(F)(F)F. The van der Waals surface area contributed by atoms with Crippen molar-refractivity contribution >= 4 is 11.6 Å². The Balaban J connectivity index is 2.95. The van der Waals surface area contributed by atoms with Crippen LogP contribution < -0.4 is 15.8 Å². The number of nitrogens with one attached hydrogen (secondary N) is 1. The van der Waals surface area contributed by atoms with Crippen molar-refractivity contribution in [1.29, 1.82) is 0 Å². The first kappa shape index (κ1) is 13.1. The highest BCUT2D eigenvalue weighted by Crippen LogP contribution is 2.24. The molecule has 94 valence electrons. The summed E-state index contributed by atoms with van der Waals surface area (Å²) >= 11 is 0. The molecule has 0 unspecified atom stereocenters. The van der Waals surface area contributed by atoms with Gasteiger partial charge in [0.05, 0.1) is 5.56 Å². The van der Waals surface area contributed by atoms with Crippen molar-refractivity contribution in [3.63, 3.8) is 0 Å². The van der Waals surface area contributed by atoms with E-state index < -0.39 is 18.7 Å². The number of nitrogen functional groups attached to an aromatic ring is 1. The molecule has 0 saturated heterocycles. The van der Waals surface area contributed by atoms with Crippen molar-refractivity contribution in [2.75, 3.05) is 19.4 Å². The number of alkyl halides is 3. The van der Waals surface area contributed by atoms with E-state index in [9.17, 15) is 18.0 Å². The van der Waals surface area contributed by atoms with Crippen LogP contribution in [0.25, 0.3) is 0 Å². The van der Waals surface area contributed by atoms with Crippen LogP contribution in [0.2, 0.25) is 0 Å². The first-order chi connectivity index (χ1) is 7.83. The summed E-state index contributed by atoms with van der Waals surface area (Å²) in [4.78, 5) is 11.4. The van der Waals surface area contributed by atoms with Gasteiger partial charge in [-0.2, -0.15) is 13.2 Å². The van der Waals surface area contributed by atoms with Crippen LogP contribution in [-0.4, -0.2) is 25.7 Å². The van der Waals surface area contributed by atoms with Crippen LogP contribution in [0.3, 0.4) is 0 Å². The van der Waals surface area contributed by atoms with Gasteiger partial charge in [-0.25, -0.2) is 0 Å². The molecule has 3 N–H and O–H groups in total. The standard InChI is InChI=1S/C10H11F3N2O2/c1-15-9(16)7-3-2-6(14)4-8(7)17-5-10(11,12)13/h2-4H,5,14H2,1H3,(H,15,16). The Bertz CT molecular complexity index is 419. The third-order valence-corrected chi connectivity index (χ3v) is 1.87. The van der Waals surface area contributed by atoms with Crippen LogP contribution in [0.15, 0.2) is 18.2 Å². The molecule has 1 amide bonds. The molecule has 0 bridgehead atoms. The van der Waals surface area contributed by atoms with Crippen LogP contribution in [0.4, 0.5) is 18.9 Å². The highest BCUT2D eigenvalue weighted by Gasteiger charge is 2.29. The van der Waals surface area contributed by atoms with Crippen molar-refractivity contribution in [1.82, 2.24) is 5.32 Å². The Morgan fingerprint density at radius 1 is 1.47 bits per heavy atom. The lowest BCUT2D eigenvalue weighted by Gasteiger charge is -2.12. The fourth-order valence-corrected chi connectivity index (χ4v) is 1.14. The van der Waals surface area contributed by atoms with Gasteiger partial charge in [0.25, 0.3) is 5.91 Å². The maximum atomic E-state index is 12.0. The molecule has 0 aliphatic rings. The number of benzene rings is 1. The molecule has 1 aromatic carbocycles. The van der Waals surface area contributed by atoms with Crippen molar-refractivity contribution in [3.8, 4) is 5.75 Å². The zero-order valence-corrected chi connectivity index (χ0v) is 8.97. The van der Waals surface area contributed by atoms with E-state index in [1.54, 1.807) is 0 Å². The summed E-state index contributed by atoms with van der Waals surface area (Å²) in [6.45, 7) is -1.47. The Morgan fingerprint density at radius 3 is 2.65 bits per heavy atom. The zero-order valence-electron chi connectivity index (χ0n) is 8.97. The second-order valence-corrected chi connectivity index (χ2v) is 3.24. The lowest BCUT2D eigenvalue weighted by molar-refractivity contribution is -0.153. The lowest BCUT2D eigenvalue weighted by atomic mass is 10.1. The minimum absolute atomic E-state index is 0.00551. The fraction of sp³-hybridized carbons (Fsp3) is 0.300. The molecular formula is C10H11F3N2O2. The van der Waals surface area contributed by atoms with E-state index in [1.165, 1.54) is 25.2 Å². The van der Waals surface area contributed by atoms with E-state index in [2.05, 4.69) is 10.1 Å². The molecule has 0 heterocycles. The fourth-order valence-electron chi connectivity index (χ4n) is 1.14. The average molecular weight is 248 g/mol. The second-order valence-electron chi connectivity index (χ2n) is 3.24. The number of hydrogen-bond acceptors (Lipinski definition) is 3. The first-order valence-electron chi connectivity index (χ1n) is 4.64. The topological polar surface area (TPSA) is 64.4 Å². The number of ether oxygens (including phenoxy) is 1. The predicted molar refractivity (Wildman–Crippen MR) is 55.8 cm³/mol. The number of halogens is 3. The van der Waals surface area contributed by atoms with Crippen molar-refractivity contribution < 1.29 is 22.7 Å². The number of rotatable bonds is 3. The van der Waals surface area contributed by atoms with E-state index in [-0.39, 0.29) is 17.0 Å². The molecule has 0 aromatic heterocycles. The van der Waals surface area contributed by atoms with Crippen LogP contribution in [0.5, 0.6) is 5.75 Å². The van der Waals surface area contributed by atoms with E-state index in [0.29, 0.717) is 0 Å². The van der Waals surface area contributed by atoms with E-state index >= 15 is 0 Å². The van der Waals surface area contributed by atoms with Gasteiger partial charge in [-0.15, -0.1) is 0 Å². The smallest absolute Gasteiger partial charge is 0.422 e. The van der Waals surface area contributed by atoms with Crippen LogP contribution in [0, 0.1) is 0 Å². The van der Waals surface area contributed by atoms with E-state index in [4.69, 9.17) is 5.73 Å². The number of nitrogens with two attached hydrogens (primary N) is 1. The molecule has 1 aromatic rings. The van der Waals surface area contributed by atoms with Gasteiger partial charge in [-0.3, -0.25) is 4.79 Å². The largest absolute Gasteiger partial charge is 0.483 e. The normalized spacial score (nSPS) is 11.1. The van der Waals surface area contributed by atoms with E-state index in [0.717, 1.165) is 0 Å². The highest BCUT2D eigenvalue weighted by atomic mass is 19.4. The third kappa shape index (κ3) is 3.86. The lowest BCUT2D eigenvalue weighted by Crippen LogP contribution is -2.23. The Morgan fingerprint density at radius 2 is 2.12 bits per heavy atom. The molecular weight excluding hydrogens is 237 g/mol. The molecule has 4 nitrogen and oxygen atoms in total. The van der Waals surface area contributed by atoms with Crippen molar-refractivity contribution in [2.45, 2.75) is 6.18 Å². The van der Waals surface area contributed by atoms with Gasteiger partial charge in [0.2, 0.25) is 0 Å². The molecule has 17 heavy (non-hydrogen) atoms. The second kappa shape index (κ2) is 4.94. The average Bonchev–Trinajstić information content (AvgIpc) is 2.24. The van der Waals surface area contributed by atoms with Gasteiger partial charge >= 0.3 is 6.18 Å². The summed E-state index contributed by atoms with van der Waals surface area (Å²) in [6, 6.07) is 3.89. The summed E-state index contributed by atoms with van der Waals surface area (Å²) in [7, 11) is 1.37. The summed E-state index contributed by atoms with van der Waals surface area (Å²) in [5, 5.41) is 2.30. The zero-order chi connectivity index (χ0) is 13.1. The first-order valence-corrected chi connectivity index (χ1v) is 4.64. The Hall–Kier alpha value is -1.92. The quantitative estimate of drug-likeness (QED) is 0.798. The summed E-state index contributed by atoms with van der Waals surface area (Å²) in [5.41, 5.74) is 5.64. The number of hydrogen-bond donors (Lipinski definition) is 2. The minimum atomic E-state index is -4.47. The maximum Gasteiger partial charge on any atom is 0.422 e. The van der Waals surface area contributed by atoms with Crippen molar-refractivity contribution in [3.05, 3.63) is 23.8 Å². The van der Waals surface area contributed by atoms with Crippen LogP contribution in [-0.2, 0) is 0 Å². The maximum absolute atomic E-state index is 12.0. The number of anilines is 1. The van der Waals surface area contributed by atoms with Crippen LogP contribution >= 0.6 is 0 Å². The molecule has 1 rings (SSSR count).